The van der Waals surface area contributed by atoms with E-state index in [4.69, 9.17) is 14.3 Å². The molecule has 0 aromatic carbocycles. The maximum atomic E-state index is 8.85. The molecule has 0 rings (SSSR count). The Morgan fingerprint density at radius 1 is 1.00 bits per heavy atom. The molecule has 0 aliphatic carbocycles. The summed E-state index contributed by atoms with van der Waals surface area (Å²) in [6, 6.07) is 0. The van der Waals surface area contributed by atoms with Crippen molar-refractivity contribution in [1.29, 1.82) is 0 Å². The molecule has 7 heteroatoms. The van der Waals surface area contributed by atoms with E-state index in [1.54, 1.807) is 0 Å². The zero-order chi connectivity index (χ0) is 4.50. The van der Waals surface area contributed by atoms with E-state index < -0.39 is 16.7 Å². The monoisotopic (exact) mass is 242 g/mol. The van der Waals surface area contributed by atoms with Gasteiger partial charge in [-0.25, -0.2) is 0 Å². The Morgan fingerprint density at radius 2 is 1.00 bits per heavy atom. The fourth-order valence-electron chi connectivity index (χ4n) is 0. The molecular weight excluding hydrogens is 238 g/mol. The van der Waals surface area contributed by atoms with Crippen LogP contribution in [-0.4, -0.2) is 110 Å². The topological polar surface area (TPSA) is 74.6 Å². The molecule has 0 fully saturated rings. The van der Waals surface area contributed by atoms with Crippen LogP contribution in [0.2, 0.25) is 0 Å². The van der Waals surface area contributed by atoms with Crippen molar-refractivity contribution in [2.45, 2.75) is 0 Å². The molecule has 2 N–H and O–H groups in total. The van der Waals surface area contributed by atoms with Gasteiger partial charge in [-0.15, -0.1) is 0 Å². The molecular formula is H2K2MoO4. The quantitative estimate of drug-likeness (QED) is 0.475. The number of hydrogen-bond acceptors (Lipinski definition) is 2. The van der Waals surface area contributed by atoms with Gasteiger partial charge in [-0.3, -0.25) is 0 Å². The van der Waals surface area contributed by atoms with Crippen molar-refractivity contribution in [3.63, 3.8) is 0 Å². The third-order valence-electron chi connectivity index (χ3n) is 0. The Kier molecular flexibility index (Phi) is 18.2. The SMILES string of the molecule is [K].[K].[O]=[Mo](=[O])([OH])[OH]. The molecule has 34 valence electrons. The van der Waals surface area contributed by atoms with Gasteiger partial charge in [0.15, 0.2) is 0 Å². The van der Waals surface area contributed by atoms with Crippen molar-refractivity contribution >= 4 is 103 Å². The molecule has 2 radical (unpaired) electrons. The van der Waals surface area contributed by atoms with Crippen molar-refractivity contribution in [2.24, 2.45) is 0 Å². The van der Waals surface area contributed by atoms with Crippen molar-refractivity contribution in [1.82, 2.24) is 0 Å². The number of rotatable bonds is 0. The summed E-state index contributed by atoms with van der Waals surface area (Å²) in [5.74, 6) is 0. The predicted molar refractivity (Wildman–Crippen MR) is 17.3 cm³/mol. The Hall–Kier alpha value is 3.48. The molecule has 7 heavy (non-hydrogen) atoms. The molecule has 0 heterocycles. The molecule has 0 aromatic rings. The summed E-state index contributed by atoms with van der Waals surface area (Å²) >= 11 is -5.52. The van der Waals surface area contributed by atoms with Crippen LogP contribution in [0.3, 0.4) is 0 Å². The van der Waals surface area contributed by atoms with Crippen LogP contribution in [0.5, 0.6) is 0 Å². The van der Waals surface area contributed by atoms with E-state index in [1.165, 1.54) is 0 Å². The van der Waals surface area contributed by atoms with E-state index in [-0.39, 0.29) is 103 Å². The first-order valence-electron chi connectivity index (χ1n) is 0.698. The van der Waals surface area contributed by atoms with Crippen molar-refractivity contribution in [2.75, 3.05) is 0 Å². The summed E-state index contributed by atoms with van der Waals surface area (Å²) < 4.78 is 32.0. The summed E-state index contributed by atoms with van der Waals surface area (Å²) in [6.07, 6.45) is 0. The standard InChI is InChI=1S/2K.Mo.2H2O.2O/h;;;2*1H2;;/q;;+2;;;;/p-2. The second kappa shape index (κ2) is 7.59. The molecule has 4 nitrogen and oxygen atoms in total. The van der Waals surface area contributed by atoms with Crippen LogP contribution in [-0.2, 0) is 23.5 Å². The summed E-state index contributed by atoms with van der Waals surface area (Å²) in [5, 5.41) is 0. The predicted octanol–water partition coefficient (Wildman–Crippen LogP) is -2.12. The van der Waals surface area contributed by atoms with Crippen LogP contribution in [0, 0.1) is 0 Å². The fourth-order valence-corrected chi connectivity index (χ4v) is 0. The first kappa shape index (κ1) is 16.8. The van der Waals surface area contributed by atoms with Gasteiger partial charge in [0.1, 0.15) is 0 Å². The van der Waals surface area contributed by atoms with Crippen molar-refractivity contribution in [3.8, 4) is 0 Å². The Morgan fingerprint density at radius 3 is 1.00 bits per heavy atom. The zero-order valence-electron chi connectivity index (χ0n) is 4.12. The van der Waals surface area contributed by atoms with E-state index >= 15 is 0 Å². The van der Waals surface area contributed by atoms with Gasteiger partial charge < -0.3 is 0 Å². The normalized spacial score (nSPS) is 8.29. The third-order valence-corrected chi connectivity index (χ3v) is 0. The van der Waals surface area contributed by atoms with Crippen LogP contribution in [0.25, 0.3) is 0 Å². The van der Waals surface area contributed by atoms with E-state index in [2.05, 4.69) is 0 Å². The molecule has 0 saturated carbocycles. The molecule has 0 unspecified atom stereocenters. The Bertz CT molecular complexity index is 92.9. The zero-order valence-corrected chi connectivity index (χ0v) is 12.4. The molecule has 0 saturated heterocycles. The summed E-state index contributed by atoms with van der Waals surface area (Å²) in [5.41, 5.74) is 0. The average Bonchev–Trinajstić information content (AvgIpc) is 0.722. The van der Waals surface area contributed by atoms with Gasteiger partial charge in [-0.05, 0) is 0 Å². The van der Waals surface area contributed by atoms with Gasteiger partial charge in [0.05, 0.1) is 0 Å². The second-order valence-corrected chi connectivity index (χ2v) is 2.65. The van der Waals surface area contributed by atoms with Crippen LogP contribution in [0.1, 0.15) is 0 Å². The van der Waals surface area contributed by atoms with Gasteiger partial charge in [0.25, 0.3) is 0 Å². The minimum absolute atomic E-state index is 0. The van der Waals surface area contributed by atoms with Crippen molar-refractivity contribution in [3.05, 3.63) is 0 Å². The first-order valence-corrected chi connectivity index (χ1v) is 4.13. The molecule has 0 bridgehead atoms. The summed E-state index contributed by atoms with van der Waals surface area (Å²) in [7, 11) is 0. The van der Waals surface area contributed by atoms with Gasteiger partial charge >= 0.3 is 31.1 Å². The van der Waals surface area contributed by atoms with Crippen LogP contribution in [0.15, 0.2) is 0 Å². The number of hydrogen-bond donors (Lipinski definition) is 2. The van der Waals surface area contributed by atoms with Gasteiger partial charge in [-0.2, -0.15) is 0 Å². The molecule has 0 aliphatic heterocycles. The Labute approximate surface area is 130 Å². The molecule has 0 amide bonds. The van der Waals surface area contributed by atoms with Crippen LogP contribution in [0.4, 0.5) is 0 Å². The minimum atomic E-state index is -5.52. The van der Waals surface area contributed by atoms with E-state index in [9.17, 15) is 0 Å². The summed E-state index contributed by atoms with van der Waals surface area (Å²) in [4.78, 5) is 0. The molecule has 0 atom stereocenters. The summed E-state index contributed by atoms with van der Waals surface area (Å²) in [6.45, 7) is 0. The average molecular weight is 240 g/mol. The third kappa shape index (κ3) is 43.8. The molecule has 0 spiro atoms. The van der Waals surface area contributed by atoms with E-state index in [1.807, 2.05) is 0 Å². The molecule has 0 aromatic heterocycles. The van der Waals surface area contributed by atoms with Crippen LogP contribution >= 0.6 is 0 Å². The second-order valence-electron chi connectivity index (χ2n) is 0.448. The van der Waals surface area contributed by atoms with E-state index in [0.29, 0.717) is 0 Å². The van der Waals surface area contributed by atoms with Gasteiger partial charge in [0.2, 0.25) is 0 Å². The van der Waals surface area contributed by atoms with Crippen LogP contribution < -0.4 is 0 Å². The van der Waals surface area contributed by atoms with Gasteiger partial charge in [-0.1, -0.05) is 0 Å². The van der Waals surface area contributed by atoms with Gasteiger partial charge in [0, 0.05) is 103 Å². The molecule has 0 aliphatic rings. The van der Waals surface area contributed by atoms with Crippen molar-refractivity contribution < 1.29 is 31.1 Å². The fraction of sp³-hybridized carbons (Fsp3) is 0. The first-order chi connectivity index (χ1) is 2.00. The Balaban J connectivity index is -0.0000000800. The van der Waals surface area contributed by atoms with E-state index in [0.717, 1.165) is 0 Å². The maximum absolute atomic E-state index is 8.85.